The monoisotopic (exact) mass is 410 g/mol. The molecule has 29 heavy (non-hydrogen) atoms. The molecule has 0 bridgehead atoms. The molecule has 3 rings (SSSR count). The van der Waals surface area contributed by atoms with Crippen LogP contribution in [0.25, 0.3) is 0 Å². The van der Waals surface area contributed by atoms with Gasteiger partial charge in [0.2, 0.25) is 0 Å². The van der Waals surface area contributed by atoms with E-state index in [-0.39, 0.29) is 12.6 Å². The minimum absolute atomic E-state index is 0.272. The lowest BCUT2D eigenvalue weighted by Crippen LogP contribution is -2.46. The van der Waals surface area contributed by atoms with E-state index in [1.807, 2.05) is 63.2 Å². The molecule has 1 heterocycles. The van der Waals surface area contributed by atoms with Gasteiger partial charge in [-0.1, -0.05) is 41.5 Å². The van der Waals surface area contributed by atoms with Crippen molar-refractivity contribution in [3.05, 3.63) is 76.0 Å². The number of rotatable bonds is 6. The van der Waals surface area contributed by atoms with E-state index < -0.39 is 12.0 Å². The number of carbonyl (C=O) groups excluding carboxylic acids is 2. The molecule has 6 heteroatoms. The van der Waals surface area contributed by atoms with E-state index in [0.717, 1.165) is 21.6 Å². The number of esters is 1. The van der Waals surface area contributed by atoms with E-state index in [2.05, 4.69) is 10.6 Å². The van der Waals surface area contributed by atoms with Crippen LogP contribution in [0, 0.1) is 20.8 Å². The van der Waals surface area contributed by atoms with Crippen LogP contribution >= 0.6 is 11.8 Å². The molecule has 2 N–H and O–H groups in total. The van der Waals surface area contributed by atoms with Crippen LogP contribution in [-0.2, 0) is 9.53 Å². The Labute approximate surface area is 175 Å². The maximum atomic E-state index is 12.9. The van der Waals surface area contributed by atoms with Crippen molar-refractivity contribution in [2.24, 2.45) is 0 Å². The molecule has 2 aromatic rings. The molecule has 2 aromatic carbocycles. The van der Waals surface area contributed by atoms with Gasteiger partial charge in [0.05, 0.1) is 18.2 Å². The minimum Gasteiger partial charge on any atom is -0.463 e. The van der Waals surface area contributed by atoms with E-state index in [9.17, 15) is 9.59 Å². The van der Waals surface area contributed by atoms with E-state index in [1.54, 1.807) is 18.7 Å². The zero-order chi connectivity index (χ0) is 21.0. The number of thioether (sulfide) groups is 1. The summed E-state index contributed by atoms with van der Waals surface area (Å²) in [6, 6.07) is 13.3. The van der Waals surface area contributed by atoms with Crippen LogP contribution in [0.2, 0.25) is 0 Å². The molecule has 5 nitrogen and oxygen atoms in total. The first kappa shape index (κ1) is 21.0. The van der Waals surface area contributed by atoms with Gasteiger partial charge in [0.1, 0.15) is 0 Å². The van der Waals surface area contributed by atoms with Crippen LogP contribution in [0.15, 0.2) is 58.6 Å². The summed E-state index contributed by atoms with van der Waals surface area (Å²) in [5, 5.41) is 5.73. The second-order valence-corrected chi connectivity index (χ2v) is 8.15. The quantitative estimate of drug-likeness (QED) is 0.541. The molecule has 0 saturated carbocycles. The fourth-order valence-electron chi connectivity index (χ4n) is 3.35. The molecular weight excluding hydrogens is 384 g/mol. The molecule has 1 aliphatic rings. The highest BCUT2D eigenvalue weighted by Gasteiger charge is 2.34. The topological polar surface area (TPSA) is 67.4 Å². The van der Waals surface area contributed by atoms with Crippen LogP contribution in [-0.4, -0.2) is 24.4 Å². The van der Waals surface area contributed by atoms with Crippen molar-refractivity contribution in [3.63, 3.8) is 0 Å². The third kappa shape index (κ3) is 5.01. The van der Waals surface area contributed by atoms with Gasteiger partial charge < -0.3 is 15.4 Å². The van der Waals surface area contributed by atoms with Gasteiger partial charge in [0.15, 0.2) is 0 Å². The molecule has 2 amide bonds. The first-order chi connectivity index (χ1) is 13.9. The Hall–Kier alpha value is -2.73. The Kier molecular flexibility index (Phi) is 6.64. The number of nitrogens with one attached hydrogen (secondary N) is 2. The predicted molar refractivity (Wildman–Crippen MR) is 116 cm³/mol. The van der Waals surface area contributed by atoms with Gasteiger partial charge in [-0.3, -0.25) is 0 Å². The van der Waals surface area contributed by atoms with Crippen molar-refractivity contribution in [2.75, 3.05) is 12.4 Å². The van der Waals surface area contributed by atoms with E-state index in [0.29, 0.717) is 17.0 Å². The van der Waals surface area contributed by atoms with E-state index >= 15 is 0 Å². The van der Waals surface area contributed by atoms with Crippen LogP contribution < -0.4 is 10.6 Å². The Morgan fingerprint density at radius 2 is 1.76 bits per heavy atom. The van der Waals surface area contributed by atoms with Crippen molar-refractivity contribution >= 4 is 23.8 Å². The minimum atomic E-state index is -0.544. The van der Waals surface area contributed by atoms with Gasteiger partial charge in [-0.2, -0.15) is 0 Å². The average Bonchev–Trinajstić information content (AvgIpc) is 2.67. The lowest BCUT2D eigenvalue weighted by Gasteiger charge is -2.30. The summed E-state index contributed by atoms with van der Waals surface area (Å²) in [4.78, 5) is 26.3. The molecule has 152 valence electrons. The Morgan fingerprint density at radius 3 is 2.41 bits per heavy atom. The van der Waals surface area contributed by atoms with E-state index in [4.69, 9.17) is 4.74 Å². The summed E-state index contributed by atoms with van der Waals surface area (Å²) in [5.41, 5.74) is 5.27. The maximum Gasteiger partial charge on any atom is 0.338 e. The van der Waals surface area contributed by atoms with Gasteiger partial charge in [-0.05, 0) is 51.0 Å². The third-order valence-corrected chi connectivity index (χ3v) is 5.83. The number of benzene rings is 2. The summed E-state index contributed by atoms with van der Waals surface area (Å²) in [7, 11) is 0. The van der Waals surface area contributed by atoms with Crippen molar-refractivity contribution < 1.29 is 14.3 Å². The van der Waals surface area contributed by atoms with Crippen LogP contribution in [0.5, 0.6) is 0 Å². The van der Waals surface area contributed by atoms with Gasteiger partial charge >= 0.3 is 12.0 Å². The van der Waals surface area contributed by atoms with Crippen LogP contribution in [0.3, 0.4) is 0 Å². The molecular formula is C23H26N2O3S. The lowest BCUT2D eigenvalue weighted by atomic mass is 9.91. The number of urea groups is 1. The molecule has 0 radical (unpaired) electrons. The summed E-state index contributed by atoms with van der Waals surface area (Å²) >= 11 is 1.57. The lowest BCUT2D eigenvalue weighted by molar-refractivity contribution is -0.139. The van der Waals surface area contributed by atoms with E-state index in [1.165, 1.54) is 5.56 Å². The number of carbonyl (C=O) groups is 2. The molecule has 0 spiro atoms. The summed E-state index contributed by atoms with van der Waals surface area (Å²) in [5.74, 6) is 0.0518. The van der Waals surface area contributed by atoms with Crippen LogP contribution in [0.1, 0.15) is 35.2 Å². The third-order valence-electron chi connectivity index (χ3n) is 4.79. The second kappa shape index (κ2) is 9.18. The maximum absolute atomic E-state index is 12.9. The summed E-state index contributed by atoms with van der Waals surface area (Å²) in [6.45, 7) is 8.09. The summed E-state index contributed by atoms with van der Waals surface area (Å²) < 4.78 is 5.33. The Bertz CT molecular complexity index is 951. The zero-order valence-electron chi connectivity index (χ0n) is 17.2. The van der Waals surface area contributed by atoms with Gasteiger partial charge in [-0.15, -0.1) is 11.8 Å². The number of hydrogen-bond donors (Lipinski definition) is 2. The standard InChI is InChI=1S/C23H26N2O3S/c1-5-28-22(26)20-19(13-29-17-9-6-14(2)7-10-17)24-23(27)25-21(20)18-11-8-15(3)12-16(18)4/h6-12,21H,5,13H2,1-4H3,(H2,24,25,27). The molecule has 0 aliphatic carbocycles. The number of amides is 2. The smallest absolute Gasteiger partial charge is 0.338 e. The fourth-order valence-corrected chi connectivity index (χ4v) is 4.22. The molecule has 1 unspecified atom stereocenters. The largest absolute Gasteiger partial charge is 0.463 e. The normalized spacial score (nSPS) is 16.3. The average molecular weight is 411 g/mol. The molecule has 0 aromatic heterocycles. The Morgan fingerprint density at radius 1 is 1.07 bits per heavy atom. The van der Waals surface area contributed by atoms with Gasteiger partial charge in [0, 0.05) is 16.3 Å². The zero-order valence-corrected chi connectivity index (χ0v) is 18.0. The van der Waals surface area contributed by atoms with Crippen molar-refractivity contribution in [1.29, 1.82) is 0 Å². The molecule has 1 atom stereocenters. The second-order valence-electron chi connectivity index (χ2n) is 7.11. The first-order valence-corrected chi connectivity index (χ1v) is 10.6. The fraction of sp³-hybridized carbons (Fsp3) is 0.304. The van der Waals surface area contributed by atoms with Gasteiger partial charge in [-0.25, -0.2) is 9.59 Å². The number of hydrogen-bond acceptors (Lipinski definition) is 4. The van der Waals surface area contributed by atoms with Crippen molar-refractivity contribution in [1.82, 2.24) is 10.6 Å². The number of aryl methyl sites for hydroxylation is 3. The molecule has 1 aliphatic heterocycles. The highest BCUT2D eigenvalue weighted by Crippen LogP contribution is 2.32. The van der Waals surface area contributed by atoms with Crippen LogP contribution in [0.4, 0.5) is 4.79 Å². The summed E-state index contributed by atoms with van der Waals surface area (Å²) in [6.07, 6.45) is 0. The highest BCUT2D eigenvalue weighted by molar-refractivity contribution is 7.99. The molecule has 0 saturated heterocycles. The van der Waals surface area contributed by atoms with Crippen molar-refractivity contribution in [2.45, 2.75) is 38.6 Å². The van der Waals surface area contributed by atoms with Gasteiger partial charge in [0.25, 0.3) is 0 Å². The SMILES string of the molecule is CCOC(=O)C1=C(CSc2ccc(C)cc2)NC(=O)NC1c1ccc(C)cc1C. The predicted octanol–water partition coefficient (Wildman–Crippen LogP) is 4.58. The van der Waals surface area contributed by atoms with Crippen molar-refractivity contribution in [3.8, 4) is 0 Å². The molecule has 0 fully saturated rings. The highest BCUT2D eigenvalue weighted by atomic mass is 32.2. The Balaban J connectivity index is 1.99. The number of ether oxygens (including phenoxy) is 1. The first-order valence-electron chi connectivity index (χ1n) is 9.63.